The molecule has 0 aliphatic carbocycles. The van der Waals surface area contributed by atoms with Crippen LogP contribution >= 0.6 is 0 Å². The van der Waals surface area contributed by atoms with Gasteiger partial charge < -0.3 is 15.3 Å². The van der Waals surface area contributed by atoms with Crippen molar-refractivity contribution in [1.82, 2.24) is 0 Å². The van der Waals surface area contributed by atoms with Crippen LogP contribution < -0.4 is 0 Å². The zero-order chi connectivity index (χ0) is 12.6. The van der Waals surface area contributed by atoms with Gasteiger partial charge in [0.15, 0.2) is 0 Å². The van der Waals surface area contributed by atoms with Crippen molar-refractivity contribution in [2.45, 2.75) is 6.42 Å². The topological polar surface area (TPSA) is 94.8 Å². The molecule has 1 rings (SSSR count). The van der Waals surface area contributed by atoms with Crippen molar-refractivity contribution >= 4 is 12.1 Å². The van der Waals surface area contributed by atoms with Gasteiger partial charge in [0.25, 0.3) is 0 Å². The summed E-state index contributed by atoms with van der Waals surface area (Å²) in [4.78, 5) is 19.0. The molecular formula is C11H12O5. The minimum Gasteiger partial charge on any atom is -0.478 e. The molecule has 1 aromatic carbocycles. The largest absolute Gasteiger partial charge is 0.503 e. The molecule has 5 nitrogen and oxygen atoms in total. The van der Waals surface area contributed by atoms with Crippen molar-refractivity contribution < 1.29 is 24.9 Å². The molecule has 0 amide bonds. The van der Waals surface area contributed by atoms with E-state index >= 15 is 0 Å². The van der Waals surface area contributed by atoms with E-state index in [2.05, 4.69) is 6.58 Å². The molecule has 0 bridgehead atoms. The summed E-state index contributed by atoms with van der Waals surface area (Å²) in [5.74, 6) is -0.889. The van der Waals surface area contributed by atoms with E-state index in [4.69, 9.17) is 20.1 Å². The Morgan fingerprint density at radius 2 is 1.56 bits per heavy atom. The van der Waals surface area contributed by atoms with Gasteiger partial charge in [0.1, 0.15) is 0 Å². The van der Waals surface area contributed by atoms with E-state index in [1.54, 1.807) is 30.3 Å². The molecule has 3 N–H and O–H groups in total. The number of carboxylic acid groups (broad SMARTS) is 3. The van der Waals surface area contributed by atoms with Crippen molar-refractivity contribution in [3.8, 4) is 0 Å². The van der Waals surface area contributed by atoms with Crippen LogP contribution in [0.15, 0.2) is 36.9 Å². The van der Waals surface area contributed by atoms with Crippen LogP contribution in [0.25, 0.3) is 0 Å². The number of aromatic carboxylic acids is 1. The number of benzene rings is 1. The lowest BCUT2D eigenvalue weighted by Crippen LogP contribution is -1.95. The normalized spacial score (nSPS) is 8.50. The predicted molar refractivity (Wildman–Crippen MR) is 58.0 cm³/mol. The van der Waals surface area contributed by atoms with Gasteiger partial charge >= 0.3 is 12.1 Å². The van der Waals surface area contributed by atoms with E-state index in [9.17, 15) is 4.79 Å². The third-order valence-electron chi connectivity index (χ3n) is 1.58. The molecule has 0 saturated heterocycles. The van der Waals surface area contributed by atoms with Crippen molar-refractivity contribution in [2.24, 2.45) is 0 Å². The fourth-order valence-electron chi connectivity index (χ4n) is 0.950. The highest BCUT2D eigenvalue weighted by Gasteiger charge is 1.99. The molecule has 0 atom stereocenters. The van der Waals surface area contributed by atoms with Gasteiger partial charge in [-0.1, -0.05) is 18.2 Å². The average Bonchev–Trinajstić information content (AvgIpc) is 2.18. The van der Waals surface area contributed by atoms with E-state index in [1.165, 1.54) is 0 Å². The third kappa shape index (κ3) is 6.20. The van der Waals surface area contributed by atoms with E-state index in [0.717, 1.165) is 12.0 Å². The lowest BCUT2D eigenvalue weighted by atomic mass is 10.1. The number of hydrogen-bond acceptors (Lipinski definition) is 2. The summed E-state index contributed by atoms with van der Waals surface area (Å²) in [6.45, 7) is 3.60. The zero-order valence-corrected chi connectivity index (χ0v) is 8.46. The SMILES string of the molecule is C=CCc1ccc(C(=O)O)cc1.O=C(O)O. The van der Waals surface area contributed by atoms with Crippen LogP contribution in [-0.4, -0.2) is 27.4 Å². The molecule has 0 saturated carbocycles. The number of hydrogen-bond donors (Lipinski definition) is 3. The first-order valence-corrected chi connectivity index (χ1v) is 4.32. The summed E-state index contributed by atoms with van der Waals surface area (Å²) < 4.78 is 0. The maximum atomic E-state index is 10.4. The Labute approximate surface area is 92.3 Å². The van der Waals surface area contributed by atoms with Crippen molar-refractivity contribution in [3.05, 3.63) is 48.0 Å². The quantitative estimate of drug-likeness (QED) is 0.685. The second-order valence-electron chi connectivity index (χ2n) is 2.78. The number of rotatable bonds is 3. The average molecular weight is 224 g/mol. The van der Waals surface area contributed by atoms with E-state index in [-0.39, 0.29) is 0 Å². The second-order valence-corrected chi connectivity index (χ2v) is 2.78. The Hall–Kier alpha value is -2.30. The Balaban J connectivity index is 0.000000487. The molecule has 1 aromatic rings. The Morgan fingerprint density at radius 3 is 1.88 bits per heavy atom. The Kier molecular flexibility index (Phi) is 6.04. The first kappa shape index (κ1) is 13.7. The molecule has 86 valence electrons. The molecular weight excluding hydrogens is 212 g/mol. The second kappa shape index (κ2) is 7.05. The van der Waals surface area contributed by atoms with Gasteiger partial charge in [0, 0.05) is 0 Å². The number of carboxylic acids is 1. The van der Waals surface area contributed by atoms with Gasteiger partial charge in [-0.2, -0.15) is 0 Å². The molecule has 0 aromatic heterocycles. The summed E-state index contributed by atoms with van der Waals surface area (Å²) in [7, 11) is 0. The minimum absolute atomic E-state index is 0.322. The molecule has 0 radical (unpaired) electrons. The van der Waals surface area contributed by atoms with Crippen LogP contribution in [0, 0.1) is 0 Å². The summed E-state index contributed by atoms with van der Waals surface area (Å²) in [6, 6.07) is 6.79. The van der Waals surface area contributed by atoms with E-state index < -0.39 is 12.1 Å². The number of allylic oxidation sites excluding steroid dienone is 1. The van der Waals surface area contributed by atoms with Crippen LogP contribution in [0.1, 0.15) is 15.9 Å². The third-order valence-corrected chi connectivity index (χ3v) is 1.58. The van der Waals surface area contributed by atoms with Gasteiger partial charge in [-0.3, -0.25) is 0 Å². The van der Waals surface area contributed by atoms with Gasteiger partial charge in [0.05, 0.1) is 5.56 Å². The van der Waals surface area contributed by atoms with Gasteiger partial charge in [-0.05, 0) is 24.1 Å². The maximum absolute atomic E-state index is 10.4. The molecule has 0 aliphatic rings. The van der Waals surface area contributed by atoms with Crippen molar-refractivity contribution in [1.29, 1.82) is 0 Å². The summed E-state index contributed by atoms with van der Waals surface area (Å²) in [5.41, 5.74) is 1.40. The first-order valence-electron chi connectivity index (χ1n) is 4.32. The van der Waals surface area contributed by atoms with Crippen molar-refractivity contribution in [3.63, 3.8) is 0 Å². The molecule has 0 spiro atoms. The Bertz CT molecular complexity index is 362. The summed E-state index contributed by atoms with van der Waals surface area (Å²) in [6.07, 6.45) is 0.732. The van der Waals surface area contributed by atoms with E-state index in [0.29, 0.717) is 5.56 Å². The Morgan fingerprint density at radius 1 is 1.12 bits per heavy atom. The fourth-order valence-corrected chi connectivity index (χ4v) is 0.950. The monoisotopic (exact) mass is 224 g/mol. The maximum Gasteiger partial charge on any atom is 0.503 e. The summed E-state index contributed by atoms with van der Waals surface area (Å²) in [5, 5.41) is 22.5. The number of carbonyl (C=O) groups is 2. The molecule has 0 fully saturated rings. The standard InChI is InChI=1S/C10H10O2.CH2O3/c1-2-3-8-4-6-9(7-5-8)10(11)12;2-1(3)4/h2,4-7H,1,3H2,(H,11,12);(H2,2,3,4). The smallest absolute Gasteiger partial charge is 0.478 e. The molecule has 0 aliphatic heterocycles. The minimum atomic E-state index is -1.83. The van der Waals surface area contributed by atoms with Crippen LogP contribution in [-0.2, 0) is 6.42 Å². The lowest BCUT2D eigenvalue weighted by molar-refractivity contribution is 0.0696. The first-order chi connectivity index (χ1) is 7.47. The van der Waals surface area contributed by atoms with Crippen LogP contribution in [0.4, 0.5) is 4.79 Å². The van der Waals surface area contributed by atoms with Crippen LogP contribution in [0.3, 0.4) is 0 Å². The van der Waals surface area contributed by atoms with Gasteiger partial charge in [-0.15, -0.1) is 6.58 Å². The highest BCUT2D eigenvalue weighted by atomic mass is 16.6. The van der Waals surface area contributed by atoms with Crippen molar-refractivity contribution in [2.75, 3.05) is 0 Å². The predicted octanol–water partition coefficient (Wildman–Crippen LogP) is 2.34. The fraction of sp³-hybridized carbons (Fsp3) is 0.0909. The molecule has 5 heteroatoms. The highest BCUT2D eigenvalue weighted by Crippen LogP contribution is 2.04. The van der Waals surface area contributed by atoms with Crippen LogP contribution in [0.2, 0.25) is 0 Å². The summed E-state index contributed by atoms with van der Waals surface area (Å²) >= 11 is 0. The van der Waals surface area contributed by atoms with Crippen LogP contribution in [0.5, 0.6) is 0 Å². The highest BCUT2D eigenvalue weighted by molar-refractivity contribution is 5.87. The lowest BCUT2D eigenvalue weighted by Gasteiger charge is -1.96. The van der Waals surface area contributed by atoms with E-state index in [1.807, 2.05) is 0 Å². The van der Waals surface area contributed by atoms with Gasteiger partial charge in [0.2, 0.25) is 0 Å². The molecule has 16 heavy (non-hydrogen) atoms. The zero-order valence-electron chi connectivity index (χ0n) is 8.46. The molecule has 0 unspecified atom stereocenters. The van der Waals surface area contributed by atoms with Gasteiger partial charge in [-0.25, -0.2) is 9.59 Å². The molecule has 0 heterocycles.